The number of nitrogens with one attached hydrogen (secondary N) is 1. The second-order valence-electron chi connectivity index (χ2n) is 6.18. The number of carbonyl (C=O) groups is 1. The number of fused-ring (bicyclic) bond motifs is 2. The van der Waals surface area contributed by atoms with Gasteiger partial charge in [0.25, 0.3) is 5.91 Å². The van der Waals surface area contributed by atoms with E-state index in [1.54, 1.807) is 12.1 Å². The lowest BCUT2D eigenvalue weighted by molar-refractivity contribution is 0.0780. The maximum atomic E-state index is 12.7. The highest BCUT2D eigenvalue weighted by atomic mass is 35.5. The van der Waals surface area contributed by atoms with Gasteiger partial charge in [0.2, 0.25) is 0 Å². The number of halogens is 1. The lowest BCUT2D eigenvalue weighted by Crippen LogP contribution is -2.41. The van der Waals surface area contributed by atoms with Crippen LogP contribution in [0.1, 0.15) is 23.3 Å². The average Bonchev–Trinajstić information content (AvgIpc) is 2.98. The maximum absolute atomic E-state index is 12.7. The zero-order valence-corrected chi connectivity index (χ0v) is 13.0. The zero-order valence-electron chi connectivity index (χ0n) is 12.3. The summed E-state index contributed by atoms with van der Waals surface area (Å²) in [5, 5.41) is 5.07. The molecule has 5 heteroatoms. The van der Waals surface area contributed by atoms with Crippen molar-refractivity contribution in [1.82, 2.24) is 15.2 Å². The van der Waals surface area contributed by atoms with E-state index >= 15 is 0 Å². The summed E-state index contributed by atoms with van der Waals surface area (Å²) in [6, 6.07) is 9.82. The molecule has 0 spiro atoms. The number of benzene rings is 1. The van der Waals surface area contributed by atoms with Crippen LogP contribution >= 0.6 is 11.6 Å². The standard InChI is InChI=1S/C17H18ClN3O/c18-13-5-1-3-11-6-7-14(20-16(11)13)17(22)21-9-12-4-2-8-19-15(12)10-21/h1,3,5-7,12,15,19H,2,4,8-10H2/t12-,15+/m0/s1. The smallest absolute Gasteiger partial charge is 0.272 e. The van der Waals surface area contributed by atoms with Gasteiger partial charge in [-0.25, -0.2) is 4.98 Å². The monoisotopic (exact) mass is 315 g/mol. The Labute approximate surface area is 134 Å². The Morgan fingerprint density at radius 3 is 3.05 bits per heavy atom. The minimum absolute atomic E-state index is 0.0121. The van der Waals surface area contributed by atoms with Gasteiger partial charge in [0.15, 0.2) is 0 Å². The molecular weight excluding hydrogens is 298 g/mol. The Morgan fingerprint density at radius 2 is 2.18 bits per heavy atom. The Balaban J connectivity index is 1.61. The van der Waals surface area contributed by atoms with Gasteiger partial charge in [-0.2, -0.15) is 0 Å². The van der Waals surface area contributed by atoms with Crippen molar-refractivity contribution in [2.45, 2.75) is 18.9 Å². The summed E-state index contributed by atoms with van der Waals surface area (Å²) in [6.45, 7) is 2.68. The van der Waals surface area contributed by atoms with E-state index in [2.05, 4.69) is 10.3 Å². The van der Waals surface area contributed by atoms with Crippen molar-refractivity contribution in [3.05, 3.63) is 41.0 Å². The van der Waals surface area contributed by atoms with Crippen molar-refractivity contribution in [3.63, 3.8) is 0 Å². The van der Waals surface area contributed by atoms with Crippen LogP contribution in [0.25, 0.3) is 10.9 Å². The number of amides is 1. The maximum Gasteiger partial charge on any atom is 0.272 e. The zero-order chi connectivity index (χ0) is 15.1. The van der Waals surface area contributed by atoms with Crippen LogP contribution in [-0.4, -0.2) is 41.5 Å². The first kappa shape index (κ1) is 14.0. The molecule has 2 aliphatic rings. The molecule has 1 aromatic heterocycles. The SMILES string of the molecule is O=C(c1ccc2cccc(Cl)c2n1)N1C[C@@H]2CCCN[C@@H]2C1. The summed E-state index contributed by atoms with van der Waals surface area (Å²) in [5.41, 5.74) is 1.18. The number of rotatable bonds is 1. The fourth-order valence-corrected chi connectivity index (χ4v) is 3.83. The Hall–Kier alpha value is -1.65. The van der Waals surface area contributed by atoms with E-state index in [4.69, 9.17) is 11.6 Å². The van der Waals surface area contributed by atoms with Crippen molar-refractivity contribution in [3.8, 4) is 0 Å². The summed E-state index contributed by atoms with van der Waals surface area (Å²) in [6.07, 6.45) is 2.41. The number of hydrogen-bond acceptors (Lipinski definition) is 3. The number of likely N-dealkylation sites (tertiary alicyclic amines) is 1. The molecule has 3 heterocycles. The molecule has 2 saturated heterocycles. The molecule has 2 atom stereocenters. The third kappa shape index (κ3) is 2.36. The number of pyridine rings is 1. The quantitative estimate of drug-likeness (QED) is 0.880. The van der Waals surface area contributed by atoms with Crippen molar-refractivity contribution >= 4 is 28.4 Å². The molecule has 1 N–H and O–H groups in total. The molecule has 4 nitrogen and oxygen atoms in total. The molecule has 0 aliphatic carbocycles. The fourth-order valence-electron chi connectivity index (χ4n) is 3.60. The van der Waals surface area contributed by atoms with E-state index in [0.29, 0.717) is 28.2 Å². The third-order valence-corrected chi connectivity index (χ3v) is 5.08. The van der Waals surface area contributed by atoms with Gasteiger partial charge in [0, 0.05) is 24.5 Å². The first-order valence-corrected chi connectivity index (χ1v) is 8.18. The molecule has 1 aromatic carbocycles. The molecular formula is C17H18ClN3O. The van der Waals surface area contributed by atoms with Crippen LogP contribution in [0.3, 0.4) is 0 Å². The number of carbonyl (C=O) groups excluding carboxylic acids is 1. The lowest BCUT2D eigenvalue weighted by Gasteiger charge is -2.24. The number of para-hydroxylation sites is 1. The topological polar surface area (TPSA) is 45.2 Å². The van der Waals surface area contributed by atoms with Gasteiger partial charge in [-0.3, -0.25) is 4.79 Å². The molecule has 0 bridgehead atoms. The van der Waals surface area contributed by atoms with Crippen LogP contribution in [-0.2, 0) is 0 Å². The molecule has 1 amide bonds. The number of nitrogens with zero attached hydrogens (tertiary/aromatic N) is 2. The van der Waals surface area contributed by atoms with Crippen molar-refractivity contribution in [2.75, 3.05) is 19.6 Å². The van der Waals surface area contributed by atoms with Crippen LogP contribution in [0.2, 0.25) is 5.02 Å². The van der Waals surface area contributed by atoms with Gasteiger partial charge in [0.05, 0.1) is 10.5 Å². The van der Waals surface area contributed by atoms with Gasteiger partial charge < -0.3 is 10.2 Å². The van der Waals surface area contributed by atoms with E-state index in [1.165, 1.54) is 12.8 Å². The van der Waals surface area contributed by atoms with Crippen LogP contribution in [0.5, 0.6) is 0 Å². The van der Waals surface area contributed by atoms with Gasteiger partial charge in [0.1, 0.15) is 5.69 Å². The molecule has 0 saturated carbocycles. The largest absolute Gasteiger partial charge is 0.335 e. The number of piperidine rings is 1. The molecule has 4 rings (SSSR count). The van der Waals surface area contributed by atoms with E-state index in [9.17, 15) is 4.79 Å². The van der Waals surface area contributed by atoms with Crippen molar-refractivity contribution in [1.29, 1.82) is 0 Å². The fraction of sp³-hybridized carbons (Fsp3) is 0.412. The lowest BCUT2D eigenvalue weighted by atomic mass is 9.94. The first-order valence-electron chi connectivity index (χ1n) is 7.80. The molecule has 2 fully saturated rings. The minimum atomic E-state index is 0.0121. The molecule has 0 radical (unpaired) electrons. The molecule has 2 aliphatic heterocycles. The average molecular weight is 316 g/mol. The van der Waals surface area contributed by atoms with Crippen molar-refractivity contribution < 1.29 is 4.79 Å². The Bertz CT molecular complexity index is 719. The summed E-state index contributed by atoms with van der Waals surface area (Å²) in [5.74, 6) is 0.597. The minimum Gasteiger partial charge on any atom is -0.335 e. The predicted octanol–water partition coefficient (Wildman–Crippen LogP) is 2.71. The van der Waals surface area contributed by atoms with Crippen LogP contribution < -0.4 is 5.32 Å². The van der Waals surface area contributed by atoms with Gasteiger partial charge >= 0.3 is 0 Å². The number of aromatic nitrogens is 1. The highest BCUT2D eigenvalue weighted by Gasteiger charge is 2.36. The normalized spacial score (nSPS) is 24.5. The van der Waals surface area contributed by atoms with Crippen LogP contribution in [0, 0.1) is 5.92 Å². The molecule has 0 unspecified atom stereocenters. The Morgan fingerprint density at radius 1 is 1.27 bits per heavy atom. The van der Waals surface area contributed by atoms with Crippen molar-refractivity contribution in [2.24, 2.45) is 5.92 Å². The highest BCUT2D eigenvalue weighted by Crippen LogP contribution is 2.27. The van der Waals surface area contributed by atoms with Gasteiger partial charge in [-0.05, 0) is 37.4 Å². The molecule has 2 aromatic rings. The third-order valence-electron chi connectivity index (χ3n) is 4.78. The Kier molecular flexibility index (Phi) is 3.51. The van der Waals surface area contributed by atoms with E-state index in [0.717, 1.165) is 25.0 Å². The van der Waals surface area contributed by atoms with E-state index in [-0.39, 0.29) is 5.91 Å². The first-order chi connectivity index (χ1) is 10.7. The molecule has 22 heavy (non-hydrogen) atoms. The second kappa shape index (κ2) is 5.52. The van der Waals surface area contributed by atoms with E-state index < -0.39 is 0 Å². The van der Waals surface area contributed by atoms with E-state index in [1.807, 2.05) is 23.1 Å². The summed E-state index contributed by atoms with van der Waals surface area (Å²) < 4.78 is 0. The van der Waals surface area contributed by atoms with Gasteiger partial charge in [-0.15, -0.1) is 0 Å². The highest BCUT2D eigenvalue weighted by molar-refractivity contribution is 6.35. The summed E-state index contributed by atoms with van der Waals surface area (Å²) in [7, 11) is 0. The summed E-state index contributed by atoms with van der Waals surface area (Å²) >= 11 is 6.20. The number of hydrogen-bond donors (Lipinski definition) is 1. The predicted molar refractivity (Wildman–Crippen MR) is 87.2 cm³/mol. The van der Waals surface area contributed by atoms with Crippen LogP contribution in [0.4, 0.5) is 0 Å². The second-order valence-corrected chi connectivity index (χ2v) is 6.59. The van der Waals surface area contributed by atoms with Crippen LogP contribution in [0.15, 0.2) is 30.3 Å². The van der Waals surface area contributed by atoms with Gasteiger partial charge in [-0.1, -0.05) is 29.8 Å². The summed E-state index contributed by atoms with van der Waals surface area (Å²) in [4.78, 5) is 19.2. The molecule has 114 valence electrons.